The minimum absolute atomic E-state index is 0.0235. The molecule has 0 bridgehead atoms. The molecule has 2 atom stereocenters. The second-order valence-electron chi connectivity index (χ2n) is 15.5. The minimum Gasteiger partial charge on any atom is -0.759 e. The molecule has 55 heavy (non-hydrogen) atoms. The third-order valence-electron chi connectivity index (χ3n) is 9.81. The second kappa shape index (κ2) is 41.6. The Hall–Kier alpha value is -0.530. The predicted molar refractivity (Wildman–Crippen MR) is 215 cm³/mol. The molecular weight excluding hydrogens is 733 g/mol. The summed E-state index contributed by atoms with van der Waals surface area (Å²) < 4.78 is 45.2. The van der Waals surface area contributed by atoms with Gasteiger partial charge in [0.1, 0.15) is 11.1 Å². The lowest BCUT2D eigenvalue weighted by Crippen LogP contribution is -2.74. The van der Waals surface area contributed by atoms with Gasteiger partial charge in [-0.15, -0.1) is 0 Å². The lowest BCUT2D eigenvalue weighted by atomic mass is 9.87. The molecule has 0 saturated heterocycles. The maximum Gasteiger partial charge on any atom is 0.102 e. The Bertz CT molecular complexity index is 799. The molecule has 15 heteroatoms. The molecule has 0 aliphatic heterocycles. The second-order valence-corrected chi connectivity index (χ2v) is 16.3. The molecule has 0 rings (SSSR count). The highest BCUT2D eigenvalue weighted by atomic mass is 32.3. The van der Waals surface area contributed by atoms with Gasteiger partial charge in [-0.3, -0.25) is 8.42 Å². The van der Waals surface area contributed by atoms with Crippen LogP contribution >= 0.6 is 0 Å². The SMILES string of the molecule is CCCCCCCCCCCCOCC(O)CC([NH3+])(CCO)CCO.CCCCCCCCCCCCOCC(O)CC([NH3+])(CCO)CCO.O=S(=O)([O-])[O-]. The Balaban J connectivity index is -0.000000874. The number of hydrogen-bond acceptors (Lipinski definition) is 12. The van der Waals surface area contributed by atoms with Gasteiger partial charge in [-0.2, -0.15) is 0 Å². The van der Waals surface area contributed by atoms with Gasteiger partial charge >= 0.3 is 0 Å². The number of rotatable bonds is 38. The molecule has 0 radical (unpaired) electrons. The van der Waals surface area contributed by atoms with Crippen molar-refractivity contribution in [3.63, 3.8) is 0 Å². The summed E-state index contributed by atoms with van der Waals surface area (Å²) in [4.78, 5) is 0. The average Bonchev–Trinajstić information content (AvgIpc) is 3.09. The first-order chi connectivity index (χ1) is 26.2. The van der Waals surface area contributed by atoms with Crippen molar-refractivity contribution in [2.75, 3.05) is 52.9 Å². The maximum absolute atomic E-state index is 10.1. The number of hydrogen-bond donors (Lipinski definition) is 8. The van der Waals surface area contributed by atoms with Crippen LogP contribution in [-0.2, 0) is 19.9 Å². The van der Waals surface area contributed by atoms with Gasteiger partial charge in [0.15, 0.2) is 0 Å². The van der Waals surface area contributed by atoms with Crippen LogP contribution < -0.4 is 11.5 Å². The Morgan fingerprint density at radius 1 is 0.491 bits per heavy atom. The van der Waals surface area contributed by atoms with Crippen molar-refractivity contribution < 1.29 is 69.1 Å². The highest BCUT2D eigenvalue weighted by Crippen LogP contribution is 2.18. The molecule has 0 saturated carbocycles. The van der Waals surface area contributed by atoms with Gasteiger partial charge in [0, 0.05) is 88.6 Å². The van der Waals surface area contributed by atoms with Crippen LogP contribution in [0.4, 0.5) is 0 Å². The Labute approximate surface area is 335 Å². The molecular formula is C40H88N2O12S. The molecule has 0 aromatic carbocycles. The van der Waals surface area contributed by atoms with Crippen LogP contribution in [0.15, 0.2) is 0 Å². The minimum atomic E-state index is -5.17. The van der Waals surface area contributed by atoms with E-state index in [1.807, 2.05) is 0 Å². The standard InChI is InChI=1S/2C20H43NO4.H2O4S/c2*1-2-3-4-5-6-7-8-9-10-11-16-25-18-19(24)17-20(21,12-14-22)13-15-23;1-5(2,3)4/h2*19,22-24H,2-18,21H2,1H3;(H2,1,2,3,4). The summed E-state index contributed by atoms with van der Waals surface area (Å²) in [6.45, 7) is 6.60. The van der Waals surface area contributed by atoms with Crippen molar-refractivity contribution in [1.82, 2.24) is 0 Å². The summed E-state index contributed by atoms with van der Waals surface area (Å²) in [5.74, 6) is 0. The molecule has 12 N–H and O–H groups in total. The van der Waals surface area contributed by atoms with Crippen molar-refractivity contribution in [2.24, 2.45) is 0 Å². The normalized spacial score (nSPS) is 13.2. The first-order valence-corrected chi connectivity index (χ1v) is 22.8. The van der Waals surface area contributed by atoms with Gasteiger partial charge in [0.25, 0.3) is 0 Å². The number of aliphatic hydroxyl groups is 6. The van der Waals surface area contributed by atoms with Crippen LogP contribution in [0.1, 0.15) is 181 Å². The molecule has 0 aromatic heterocycles. The third-order valence-corrected chi connectivity index (χ3v) is 9.81. The first-order valence-electron chi connectivity index (χ1n) is 21.5. The van der Waals surface area contributed by atoms with Gasteiger partial charge in [0.2, 0.25) is 0 Å². The molecule has 0 fully saturated rings. The molecule has 336 valence electrons. The molecule has 0 aliphatic carbocycles. The van der Waals surface area contributed by atoms with Crippen molar-refractivity contribution >= 4 is 10.4 Å². The fourth-order valence-electron chi connectivity index (χ4n) is 6.55. The van der Waals surface area contributed by atoms with Crippen LogP contribution in [0.25, 0.3) is 0 Å². The molecule has 14 nitrogen and oxygen atoms in total. The van der Waals surface area contributed by atoms with Crippen molar-refractivity contribution in [3.8, 4) is 0 Å². The van der Waals surface area contributed by atoms with E-state index < -0.39 is 33.7 Å². The first kappa shape index (κ1) is 58.8. The third kappa shape index (κ3) is 49.5. The van der Waals surface area contributed by atoms with Gasteiger partial charge < -0.3 is 60.7 Å². The lowest BCUT2D eigenvalue weighted by molar-refractivity contribution is -0.488. The maximum atomic E-state index is 10.1. The molecule has 0 amide bonds. The van der Waals surface area contributed by atoms with Gasteiger partial charge in [-0.1, -0.05) is 129 Å². The Morgan fingerprint density at radius 3 is 0.927 bits per heavy atom. The summed E-state index contributed by atoms with van der Waals surface area (Å²) in [6.07, 6.45) is 27.7. The molecule has 0 heterocycles. The number of unbranched alkanes of at least 4 members (excludes halogenated alkanes) is 18. The zero-order valence-electron chi connectivity index (χ0n) is 35.2. The highest BCUT2D eigenvalue weighted by Gasteiger charge is 2.32. The summed E-state index contributed by atoms with van der Waals surface area (Å²) in [6, 6.07) is 0. The fraction of sp³-hybridized carbons (Fsp3) is 1.00. The van der Waals surface area contributed by atoms with E-state index in [2.05, 4.69) is 25.3 Å². The van der Waals surface area contributed by atoms with E-state index in [1.54, 1.807) is 0 Å². The summed E-state index contributed by atoms with van der Waals surface area (Å²) in [5, 5.41) is 56.5. The number of aliphatic hydroxyl groups excluding tert-OH is 6. The van der Waals surface area contributed by atoms with Crippen LogP contribution in [-0.4, -0.2) is 124 Å². The van der Waals surface area contributed by atoms with Crippen LogP contribution in [0.3, 0.4) is 0 Å². The molecule has 2 unspecified atom stereocenters. The van der Waals surface area contributed by atoms with Gasteiger partial charge in [-0.25, -0.2) is 0 Å². The number of ether oxygens (including phenoxy) is 2. The van der Waals surface area contributed by atoms with E-state index in [-0.39, 0.29) is 26.4 Å². The topological polar surface area (TPSA) is 275 Å². The predicted octanol–water partition coefficient (Wildman–Crippen LogP) is 3.50. The Kier molecular flexibility index (Phi) is 44.5. The van der Waals surface area contributed by atoms with E-state index in [9.17, 15) is 10.2 Å². The summed E-state index contributed by atoms with van der Waals surface area (Å²) in [7, 11) is -5.17. The zero-order valence-corrected chi connectivity index (χ0v) is 36.0. The van der Waals surface area contributed by atoms with E-state index in [4.69, 9.17) is 47.4 Å². The van der Waals surface area contributed by atoms with E-state index >= 15 is 0 Å². The van der Waals surface area contributed by atoms with E-state index in [1.165, 1.54) is 116 Å². The van der Waals surface area contributed by atoms with Gasteiger partial charge in [-0.05, 0) is 12.8 Å². The monoisotopic (exact) mass is 821 g/mol. The van der Waals surface area contributed by atoms with Gasteiger partial charge in [0.05, 0.1) is 25.4 Å². The summed E-state index contributed by atoms with van der Waals surface area (Å²) in [5.41, 5.74) is 7.19. The molecule has 0 spiro atoms. The van der Waals surface area contributed by atoms with Crippen LogP contribution in [0.2, 0.25) is 0 Å². The smallest absolute Gasteiger partial charge is 0.102 e. The zero-order chi connectivity index (χ0) is 42.1. The largest absolute Gasteiger partial charge is 0.759 e. The van der Waals surface area contributed by atoms with Crippen molar-refractivity contribution in [1.29, 1.82) is 0 Å². The van der Waals surface area contributed by atoms with Crippen molar-refractivity contribution in [2.45, 2.75) is 204 Å². The summed E-state index contributed by atoms with van der Waals surface area (Å²) >= 11 is 0. The average molecular weight is 821 g/mol. The van der Waals surface area contributed by atoms with Crippen LogP contribution in [0, 0.1) is 0 Å². The van der Waals surface area contributed by atoms with E-state index in [0.717, 1.165) is 12.8 Å². The lowest BCUT2D eigenvalue weighted by Gasteiger charge is -2.27. The van der Waals surface area contributed by atoms with E-state index in [0.29, 0.717) is 65.0 Å². The Morgan fingerprint density at radius 2 is 0.709 bits per heavy atom. The highest BCUT2D eigenvalue weighted by molar-refractivity contribution is 7.79. The quantitative estimate of drug-likeness (QED) is 0.0253. The number of quaternary nitrogens is 2. The van der Waals surface area contributed by atoms with Crippen molar-refractivity contribution in [3.05, 3.63) is 0 Å². The fourth-order valence-corrected chi connectivity index (χ4v) is 6.55. The van der Waals surface area contributed by atoms with Crippen LogP contribution in [0.5, 0.6) is 0 Å². The molecule has 0 aliphatic rings. The molecule has 0 aromatic rings.